The van der Waals surface area contributed by atoms with Gasteiger partial charge in [-0.2, -0.15) is 0 Å². The Morgan fingerprint density at radius 1 is 1.20 bits per heavy atom. The Hall–Kier alpha value is -1.49. The fraction of sp³-hybridized carbons (Fsp3) is 0.133. The van der Waals surface area contributed by atoms with E-state index < -0.39 is 0 Å². The van der Waals surface area contributed by atoms with Crippen LogP contribution in [0.5, 0.6) is 0 Å². The van der Waals surface area contributed by atoms with E-state index in [0.717, 1.165) is 32.7 Å². The Kier molecular flexibility index (Phi) is 3.96. The maximum Gasteiger partial charge on any atom is 0.138 e. The zero-order valence-electron chi connectivity index (χ0n) is 10.8. The fourth-order valence-corrected chi connectivity index (χ4v) is 3.38. The van der Waals surface area contributed by atoms with E-state index in [1.807, 2.05) is 48.7 Å². The molecular weight excluding hydrogens is 290 g/mol. The normalized spacial score (nSPS) is 11.1. The molecule has 3 rings (SSSR count). The lowest BCUT2D eigenvalue weighted by atomic mass is 10.3. The molecule has 2 aromatic heterocycles. The number of nitrogens with zero attached hydrogens (tertiary/aromatic N) is 2. The highest BCUT2D eigenvalue weighted by molar-refractivity contribution is 7.99. The first kappa shape index (κ1) is 13.5. The average Bonchev–Trinajstić information content (AvgIpc) is 2.77. The van der Waals surface area contributed by atoms with Crippen molar-refractivity contribution in [2.75, 3.05) is 6.54 Å². The molecule has 0 saturated heterocycles. The number of benzene rings is 1. The Bertz CT molecular complexity index is 739. The molecule has 0 spiro atoms. The molecule has 2 heterocycles. The van der Waals surface area contributed by atoms with E-state index in [1.165, 1.54) is 0 Å². The summed E-state index contributed by atoms with van der Waals surface area (Å²) in [6.07, 6.45) is 2.82. The number of halogens is 1. The van der Waals surface area contributed by atoms with Crippen molar-refractivity contribution in [3.05, 3.63) is 59.4 Å². The van der Waals surface area contributed by atoms with Crippen LogP contribution in [0.25, 0.3) is 5.65 Å². The zero-order valence-corrected chi connectivity index (χ0v) is 12.4. The molecule has 1 aromatic carbocycles. The molecule has 0 amide bonds. The van der Waals surface area contributed by atoms with Gasteiger partial charge in [-0.05, 0) is 36.9 Å². The van der Waals surface area contributed by atoms with E-state index in [-0.39, 0.29) is 0 Å². The van der Waals surface area contributed by atoms with Gasteiger partial charge >= 0.3 is 0 Å². The lowest BCUT2D eigenvalue weighted by Crippen LogP contribution is -2.05. The van der Waals surface area contributed by atoms with Crippen molar-refractivity contribution in [1.82, 2.24) is 9.38 Å². The predicted octanol–water partition coefficient (Wildman–Crippen LogP) is 3.64. The molecule has 20 heavy (non-hydrogen) atoms. The van der Waals surface area contributed by atoms with Gasteiger partial charge in [-0.25, -0.2) is 4.98 Å². The van der Waals surface area contributed by atoms with Crippen LogP contribution in [-0.4, -0.2) is 15.9 Å². The van der Waals surface area contributed by atoms with Gasteiger partial charge < -0.3 is 10.1 Å². The van der Waals surface area contributed by atoms with E-state index in [1.54, 1.807) is 11.8 Å². The number of hydrogen-bond donors (Lipinski definition) is 1. The Balaban J connectivity index is 2.04. The summed E-state index contributed by atoms with van der Waals surface area (Å²) in [6, 6.07) is 13.8. The van der Waals surface area contributed by atoms with Gasteiger partial charge in [0.05, 0.1) is 5.69 Å². The van der Waals surface area contributed by atoms with E-state index in [9.17, 15) is 0 Å². The van der Waals surface area contributed by atoms with Gasteiger partial charge in [0.1, 0.15) is 10.7 Å². The quantitative estimate of drug-likeness (QED) is 0.800. The molecule has 102 valence electrons. The molecule has 5 heteroatoms. The predicted molar refractivity (Wildman–Crippen MR) is 83.5 cm³/mol. The Morgan fingerprint density at radius 3 is 2.90 bits per heavy atom. The number of aromatic nitrogens is 2. The van der Waals surface area contributed by atoms with Crippen LogP contribution in [0.1, 0.15) is 5.69 Å². The summed E-state index contributed by atoms with van der Waals surface area (Å²) in [7, 11) is 0. The highest BCUT2D eigenvalue weighted by Crippen LogP contribution is 2.31. The van der Waals surface area contributed by atoms with Gasteiger partial charge in [-0.3, -0.25) is 0 Å². The summed E-state index contributed by atoms with van der Waals surface area (Å²) in [4.78, 5) is 5.77. The molecule has 0 unspecified atom stereocenters. The van der Waals surface area contributed by atoms with Crippen LogP contribution in [0.15, 0.2) is 58.6 Å². The van der Waals surface area contributed by atoms with Crippen molar-refractivity contribution in [3.63, 3.8) is 0 Å². The maximum atomic E-state index is 6.03. The van der Waals surface area contributed by atoms with Crippen LogP contribution in [0.3, 0.4) is 0 Å². The Labute approximate surface area is 126 Å². The summed E-state index contributed by atoms with van der Waals surface area (Å²) >= 11 is 7.65. The number of fused-ring (bicyclic) bond motifs is 1. The van der Waals surface area contributed by atoms with E-state index >= 15 is 0 Å². The smallest absolute Gasteiger partial charge is 0.138 e. The van der Waals surface area contributed by atoms with Crippen molar-refractivity contribution >= 4 is 29.0 Å². The van der Waals surface area contributed by atoms with Crippen molar-refractivity contribution < 1.29 is 0 Å². The van der Waals surface area contributed by atoms with Gasteiger partial charge in [0, 0.05) is 22.5 Å². The minimum Gasteiger partial charge on any atom is -0.330 e. The lowest BCUT2D eigenvalue weighted by Gasteiger charge is -2.03. The van der Waals surface area contributed by atoms with Crippen LogP contribution in [-0.2, 0) is 6.42 Å². The van der Waals surface area contributed by atoms with E-state index in [4.69, 9.17) is 17.3 Å². The van der Waals surface area contributed by atoms with Crippen molar-refractivity contribution in [2.24, 2.45) is 5.73 Å². The number of nitrogens with two attached hydrogens (primary N) is 1. The molecule has 0 fully saturated rings. The summed E-state index contributed by atoms with van der Waals surface area (Å²) in [5, 5.41) is 1.73. The van der Waals surface area contributed by atoms with Crippen LogP contribution in [0, 0.1) is 0 Å². The second-order valence-corrected chi connectivity index (χ2v) is 5.89. The van der Waals surface area contributed by atoms with Crippen LogP contribution < -0.4 is 5.73 Å². The SMILES string of the molecule is NCCc1c(Sc2cccc(Cl)c2)nc2ccccn12. The number of rotatable bonds is 4. The second-order valence-electron chi connectivity index (χ2n) is 4.39. The summed E-state index contributed by atoms with van der Waals surface area (Å²) in [5.41, 5.74) is 7.82. The number of pyridine rings is 1. The van der Waals surface area contributed by atoms with Gasteiger partial charge in [0.25, 0.3) is 0 Å². The molecule has 0 saturated carbocycles. The molecule has 2 N–H and O–H groups in total. The molecular formula is C15H14ClN3S. The minimum atomic E-state index is 0.603. The fourth-order valence-electron chi connectivity index (χ4n) is 2.11. The molecule has 0 bridgehead atoms. The van der Waals surface area contributed by atoms with Crippen molar-refractivity contribution in [3.8, 4) is 0 Å². The molecule has 0 aliphatic heterocycles. The van der Waals surface area contributed by atoms with Crippen LogP contribution in [0.2, 0.25) is 5.02 Å². The van der Waals surface area contributed by atoms with Crippen LogP contribution in [0.4, 0.5) is 0 Å². The van der Waals surface area contributed by atoms with Gasteiger partial charge in [-0.1, -0.05) is 35.5 Å². The second kappa shape index (κ2) is 5.87. The third-order valence-electron chi connectivity index (χ3n) is 2.98. The first-order valence-corrected chi connectivity index (χ1v) is 7.57. The first-order valence-electron chi connectivity index (χ1n) is 6.37. The van der Waals surface area contributed by atoms with Crippen LogP contribution >= 0.6 is 23.4 Å². The van der Waals surface area contributed by atoms with Crippen molar-refractivity contribution in [1.29, 1.82) is 0 Å². The summed E-state index contributed by atoms with van der Waals surface area (Å²) in [5.74, 6) is 0. The van der Waals surface area contributed by atoms with Crippen molar-refractivity contribution in [2.45, 2.75) is 16.3 Å². The van der Waals surface area contributed by atoms with Gasteiger partial charge in [0.15, 0.2) is 0 Å². The highest BCUT2D eigenvalue weighted by atomic mass is 35.5. The average molecular weight is 304 g/mol. The molecule has 0 aliphatic carbocycles. The maximum absolute atomic E-state index is 6.03. The molecule has 0 atom stereocenters. The molecule has 3 nitrogen and oxygen atoms in total. The lowest BCUT2D eigenvalue weighted by molar-refractivity contribution is 0.876. The number of hydrogen-bond acceptors (Lipinski definition) is 3. The minimum absolute atomic E-state index is 0.603. The third kappa shape index (κ3) is 2.68. The standard InChI is InChI=1S/C15H14ClN3S/c16-11-4-3-5-12(10-11)20-15-13(7-8-17)19-9-2-1-6-14(19)18-15/h1-6,9-10H,7-8,17H2. The van der Waals surface area contributed by atoms with Gasteiger partial charge in [0.2, 0.25) is 0 Å². The highest BCUT2D eigenvalue weighted by Gasteiger charge is 2.12. The zero-order chi connectivity index (χ0) is 13.9. The topological polar surface area (TPSA) is 43.3 Å². The van der Waals surface area contributed by atoms with E-state index in [2.05, 4.69) is 9.38 Å². The summed E-state index contributed by atoms with van der Waals surface area (Å²) < 4.78 is 2.10. The molecule has 0 radical (unpaired) electrons. The Morgan fingerprint density at radius 2 is 2.10 bits per heavy atom. The largest absolute Gasteiger partial charge is 0.330 e. The van der Waals surface area contributed by atoms with E-state index in [0.29, 0.717) is 6.54 Å². The third-order valence-corrected chi connectivity index (χ3v) is 4.23. The molecule has 0 aliphatic rings. The summed E-state index contributed by atoms with van der Waals surface area (Å²) in [6.45, 7) is 0.603. The monoisotopic (exact) mass is 303 g/mol. The van der Waals surface area contributed by atoms with Gasteiger partial charge in [-0.15, -0.1) is 0 Å². The first-order chi connectivity index (χ1) is 9.78. The number of imidazole rings is 1. The molecule has 3 aromatic rings.